The van der Waals surface area contributed by atoms with Crippen LogP contribution in [0.1, 0.15) is 67.2 Å². The first-order valence-corrected chi connectivity index (χ1v) is 12.3. The van der Waals surface area contributed by atoms with Crippen molar-refractivity contribution in [2.75, 3.05) is 13.7 Å². The van der Waals surface area contributed by atoms with Gasteiger partial charge in [-0.3, -0.25) is 9.59 Å². The molecule has 1 aliphatic heterocycles. The van der Waals surface area contributed by atoms with Gasteiger partial charge < -0.3 is 24.1 Å². The van der Waals surface area contributed by atoms with Crippen molar-refractivity contribution in [3.05, 3.63) is 63.3 Å². The van der Waals surface area contributed by atoms with E-state index in [-0.39, 0.29) is 42.3 Å². The van der Waals surface area contributed by atoms with Crippen molar-refractivity contribution in [3.63, 3.8) is 0 Å². The molecule has 0 spiro atoms. The number of rotatable bonds is 6. The Kier molecular flexibility index (Phi) is 6.46. The molecule has 1 atom stereocenters. The maximum Gasteiger partial charge on any atom is 0.227 e. The predicted molar refractivity (Wildman–Crippen MR) is 129 cm³/mol. The number of benzene rings is 1. The molecule has 0 saturated heterocycles. The van der Waals surface area contributed by atoms with Crippen molar-refractivity contribution in [1.29, 1.82) is 0 Å². The Morgan fingerprint density at radius 3 is 2.85 bits per heavy atom. The second kappa shape index (κ2) is 9.66. The van der Waals surface area contributed by atoms with E-state index in [1.165, 1.54) is 30.5 Å². The molecule has 1 aromatic carbocycles. The fourth-order valence-corrected chi connectivity index (χ4v) is 5.75. The van der Waals surface area contributed by atoms with Crippen molar-refractivity contribution in [3.8, 4) is 5.75 Å². The monoisotopic (exact) mass is 464 g/mol. The second-order valence-corrected chi connectivity index (χ2v) is 9.62. The molecule has 0 radical (unpaired) electrons. The summed E-state index contributed by atoms with van der Waals surface area (Å²) in [6, 6.07) is 9.51. The third-order valence-electron chi connectivity index (χ3n) is 7.47. The van der Waals surface area contributed by atoms with Crippen LogP contribution in [0.3, 0.4) is 0 Å². The number of aromatic nitrogens is 1. The minimum atomic E-state index is -0.484. The Morgan fingerprint density at radius 2 is 2.06 bits per heavy atom. The molecular weight excluding hydrogens is 432 g/mol. The molecule has 0 unspecified atom stereocenters. The van der Waals surface area contributed by atoms with Crippen LogP contribution >= 0.6 is 0 Å². The molecule has 2 aliphatic rings. The standard InChI is InChI=1S/C27H32N2O5/c1-33-16-18-13-24(30)26(32)27(34-18)21(17-7-3-2-4-8-17)14-25(31)29-12-11-20-19-9-5-6-10-22(19)28-23(20)15-29/h5-6,9-10,13,17,21,28,32H,2-4,7-8,11-12,14-16H2,1H3/t21-/m0/s1. The van der Waals surface area contributed by atoms with Crippen molar-refractivity contribution >= 4 is 16.8 Å². The zero-order valence-corrected chi connectivity index (χ0v) is 19.6. The van der Waals surface area contributed by atoms with E-state index in [0.29, 0.717) is 18.8 Å². The molecule has 3 heterocycles. The molecule has 180 valence electrons. The number of carbonyl (C=O) groups excluding carboxylic acids is 1. The fraction of sp³-hybridized carbons (Fsp3) is 0.481. The lowest BCUT2D eigenvalue weighted by molar-refractivity contribution is -0.133. The molecule has 1 saturated carbocycles. The highest BCUT2D eigenvalue weighted by atomic mass is 16.5. The number of aromatic amines is 1. The first kappa shape index (κ1) is 22.7. The van der Waals surface area contributed by atoms with Gasteiger partial charge in [0.25, 0.3) is 0 Å². The predicted octanol–water partition coefficient (Wildman–Crippen LogP) is 4.61. The molecule has 1 fully saturated rings. The van der Waals surface area contributed by atoms with Gasteiger partial charge in [0.15, 0.2) is 5.76 Å². The SMILES string of the molecule is COCc1cc(=O)c(O)c([C@@H](CC(=O)N2CCc3c([nH]c4ccccc34)C2)C2CCCCC2)o1. The summed E-state index contributed by atoms with van der Waals surface area (Å²) in [6.07, 6.45) is 6.28. The smallest absolute Gasteiger partial charge is 0.227 e. The second-order valence-electron chi connectivity index (χ2n) is 9.62. The highest BCUT2D eigenvalue weighted by molar-refractivity contribution is 5.85. The zero-order valence-electron chi connectivity index (χ0n) is 19.6. The van der Waals surface area contributed by atoms with Gasteiger partial charge in [-0.25, -0.2) is 0 Å². The van der Waals surface area contributed by atoms with Gasteiger partial charge in [-0.15, -0.1) is 0 Å². The third-order valence-corrected chi connectivity index (χ3v) is 7.47. The average Bonchev–Trinajstić information content (AvgIpc) is 3.23. The number of H-pyrrole nitrogens is 1. The van der Waals surface area contributed by atoms with Crippen LogP contribution in [-0.2, 0) is 29.1 Å². The van der Waals surface area contributed by atoms with Gasteiger partial charge in [-0.2, -0.15) is 0 Å². The van der Waals surface area contributed by atoms with E-state index in [1.54, 1.807) is 0 Å². The number of methoxy groups -OCH3 is 1. The Labute approximate surface area is 198 Å². The molecule has 2 aromatic heterocycles. The molecule has 7 nitrogen and oxygen atoms in total. The molecule has 1 aliphatic carbocycles. The summed E-state index contributed by atoms with van der Waals surface area (Å²) >= 11 is 0. The summed E-state index contributed by atoms with van der Waals surface area (Å²) in [5.74, 6) is 0.121. The van der Waals surface area contributed by atoms with Gasteiger partial charge in [-0.05, 0) is 36.8 Å². The van der Waals surface area contributed by atoms with Crippen LogP contribution < -0.4 is 5.43 Å². The molecule has 5 rings (SSSR count). The van der Waals surface area contributed by atoms with E-state index >= 15 is 0 Å². The van der Waals surface area contributed by atoms with Crippen molar-refractivity contribution in [2.24, 2.45) is 5.92 Å². The lowest BCUT2D eigenvalue weighted by Gasteiger charge is -2.33. The third kappa shape index (κ3) is 4.37. The molecule has 3 aromatic rings. The number of ether oxygens (including phenoxy) is 1. The lowest BCUT2D eigenvalue weighted by Crippen LogP contribution is -2.37. The molecule has 34 heavy (non-hydrogen) atoms. The number of hydrogen-bond donors (Lipinski definition) is 2. The van der Waals surface area contributed by atoms with Gasteiger partial charge in [0.05, 0.1) is 6.54 Å². The minimum Gasteiger partial charge on any atom is -0.502 e. The Hall–Kier alpha value is -3.06. The first-order chi connectivity index (χ1) is 16.5. The van der Waals surface area contributed by atoms with Crippen molar-refractivity contribution in [2.45, 2.75) is 64.0 Å². The van der Waals surface area contributed by atoms with Crippen LogP contribution in [-0.4, -0.2) is 34.6 Å². The first-order valence-electron chi connectivity index (χ1n) is 12.3. The van der Waals surface area contributed by atoms with Gasteiger partial charge in [0, 0.05) is 48.7 Å². The number of aromatic hydroxyl groups is 1. The van der Waals surface area contributed by atoms with E-state index < -0.39 is 5.43 Å². The number of fused-ring (bicyclic) bond motifs is 3. The number of hydrogen-bond acceptors (Lipinski definition) is 5. The van der Waals surface area contributed by atoms with Crippen LogP contribution in [0.25, 0.3) is 10.9 Å². The van der Waals surface area contributed by atoms with Crippen molar-refractivity contribution < 1.29 is 19.1 Å². The maximum atomic E-state index is 13.5. The Morgan fingerprint density at radius 1 is 1.26 bits per heavy atom. The minimum absolute atomic E-state index is 0.0269. The van der Waals surface area contributed by atoms with E-state index in [4.69, 9.17) is 9.15 Å². The van der Waals surface area contributed by atoms with Gasteiger partial charge in [-0.1, -0.05) is 37.5 Å². The van der Waals surface area contributed by atoms with Crippen LogP contribution in [0.5, 0.6) is 5.75 Å². The van der Waals surface area contributed by atoms with Crippen molar-refractivity contribution in [1.82, 2.24) is 9.88 Å². The number of nitrogens with zero attached hydrogens (tertiary/aromatic N) is 1. The molecule has 0 bridgehead atoms. The number of para-hydroxylation sites is 1. The van der Waals surface area contributed by atoms with Crippen LogP contribution in [0.4, 0.5) is 0 Å². The Bertz CT molecular complexity index is 1240. The summed E-state index contributed by atoms with van der Waals surface area (Å²) in [5.41, 5.74) is 3.00. The van der Waals surface area contributed by atoms with Gasteiger partial charge in [0.2, 0.25) is 17.1 Å². The Balaban J connectivity index is 1.42. The molecule has 7 heteroatoms. The maximum absolute atomic E-state index is 13.5. The van der Waals surface area contributed by atoms with Gasteiger partial charge >= 0.3 is 0 Å². The number of amides is 1. The van der Waals surface area contributed by atoms with E-state index in [1.807, 2.05) is 17.0 Å². The lowest BCUT2D eigenvalue weighted by atomic mass is 9.76. The average molecular weight is 465 g/mol. The van der Waals surface area contributed by atoms with Crippen LogP contribution in [0.2, 0.25) is 0 Å². The van der Waals surface area contributed by atoms with E-state index in [9.17, 15) is 14.7 Å². The van der Waals surface area contributed by atoms with Crippen LogP contribution in [0.15, 0.2) is 39.5 Å². The topological polar surface area (TPSA) is 95.8 Å². The number of carbonyl (C=O) groups is 1. The highest BCUT2D eigenvalue weighted by Gasteiger charge is 2.34. The zero-order chi connectivity index (χ0) is 23.7. The summed E-state index contributed by atoms with van der Waals surface area (Å²) in [6.45, 7) is 1.34. The normalized spacial score (nSPS) is 17.6. The van der Waals surface area contributed by atoms with Gasteiger partial charge in [0.1, 0.15) is 12.4 Å². The quantitative estimate of drug-likeness (QED) is 0.555. The summed E-state index contributed by atoms with van der Waals surface area (Å²) in [5, 5.41) is 11.9. The highest BCUT2D eigenvalue weighted by Crippen LogP contribution is 2.41. The molecular formula is C27H32N2O5. The number of nitrogens with one attached hydrogen (secondary N) is 1. The molecule has 1 amide bonds. The van der Waals surface area contributed by atoms with E-state index in [0.717, 1.165) is 43.3 Å². The summed E-state index contributed by atoms with van der Waals surface area (Å²) in [4.78, 5) is 31.4. The van der Waals surface area contributed by atoms with Crippen LogP contribution in [0, 0.1) is 5.92 Å². The molecule has 2 N–H and O–H groups in total. The summed E-state index contributed by atoms with van der Waals surface area (Å²) < 4.78 is 11.1. The summed E-state index contributed by atoms with van der Waals surface area (Å²) in [7, 11) is 1.53. The fourth-order valence-electron chi connectivity index (χ4n) is 5.75. The van der Waals surface area contributed by atoms with E-state index in [2.05, 4.69) is 17.1 Å². The largest absolute Gasteiger partial charge is 0.502 e.